The van der Waals surface area contributed by atoms with Crippen LogP contribution in [0.2, 0.25) is 0 Å². The summed E-state index contributed by atoms with van der Waals surface area (Å²) in [6.07, 6.45) is 0.761. The van der Waals surface area contributed by atoms with Gasteiger partial charge in [0, 0.05) is 6.42 Å². The van der Waals surface area contributed by atoms with Gasteiger partial charge in [-0.25, -0.2) is 0 Å². The molecule has 1 heterocycles. The number of furan rings is 1. The molecule has 0 saturated heterocycles. The quantitative estimate of drug-likeness (QED) is 0.906. The standard InChI is InChI=1S/C10H13BrO3/c1-6(2)3-9-8(11)4-7(14-9)5-10(12)13/h4,6H,3,5H2,1-2H3,(H,12,13). The number of carbonyl (C=O) groups is 1. The highest BCUT2D eigenvalue weighted by Crippen LogP contribution is 2.24. The van der Waals surface area contributed by atoms with Crippen LogP contribution in [0.4, 0.5) is 0 Å². The smallest absolute Gasteiger partial charge is 0.311 e. The normalized spacial score (nSPS) is 10.9. The van der Waals surface area contributed by atoms with Crippen molar-refractivity contribution in [3.05, 3.63) is 22.1 Å². The summed E-state index contributed by atoms with van der Waals surface area (Å²) >= 11 is 3.35. The van der Waals surface area contributed by atoms with Crippen LogP contribution < -0.4 is 0 Å². The SMILES string of the molecule is CC(C)Cc1oc(CC(=O)O)cc1Br. The van der Waals surface area contributed by atoms with Crippen molar-refractivity contribution in [3.63, 3.8) is 0 Å². The molecular weight excluding hydrogens is 248 g/mol. The van der Waals surface area contributed by atoms with Gasteiger partial charge in [0.2, 0.25) is 0 Å². The molecule has 1 N–H and O–H groups in total. The zero-order chi connectivity index (χ0) is 10.7. The number of carboxylic acids is 1. The lowest BCUT2D eigenvalue weighted by molar-refractivity contribution is -0.136. The molecule has 0 aromatic carbocycles. The van der Waals surface area contributed by atoms with Crippen molar-refractivity contribution in [1.29, 1.82) is 0 Å². The highest BCUT2D eigenvalue weighted by molar-refractivity contribution is 9.10. The molecule has 0 atom stereocenters. The molecule has 0 fully saturated rings. The fraction of sp³-hybridized carbons (Fsp3) is 0.500. The molecule has 0 amide bonds. The minimum Gasteiger partial charge on any atom is -0.481 e. The van der Waals surface area contributed by atoms with E-state index < -0.39 is 5.97 Å². The zero-order valence-electron chi connectivity index (χ0n) is 8.21. The Morgan fingerprint density at radius 3 is 2.79 bits per heavy atom. The van der Waals surface area contributed by atoms with E-state index >= 15 is 0 Å². The molecule has 1 rings (SSSR count). The second-order valence-electron chi connectivity index (χ2n) is 3.65. The lowest BCUT2D eigenvalue weighted by Gasteiger charge is -2.00. The molecule has 0 unspecified atom stereocenters. The summed E-state index contributed by atoms with van der Waals surface area (Å²) in [5.41, 5.74) is 0. The molecule has 78 valence electrons. The van der Waals surface area contributed by atoms with E-state index in [9.17, 15) is 4.79 Å². The molecule has 0 aliphatic heterocycles. The minimum atomic E-state index is -0.873. The number of rotatable bonds is 4. The molecule has 0 radical (unpaired) electrons. The van der Waals surface area contributed by atoms with E-state index in [0.29, 0.717) is 11.7 Å². The first kappa shape index (κ1) is 11.3. The van der Waals surface area contributed by atoms with E-state index in [2.05, 4.69) is 29.8 Å². The van der Waals surface area contributed by atoms with Crippen LogP contribution in [0.15, 0.2) is 15.0 Å². The maximum atomic E-state index is 10.4. The maximum Gasteiger partial charge on any atom is 0.311 e. The van der Waals surface area contributed by atoms with Gasteiger partial charge in [0.05, 0.1) is 4.47 Å². The highest BCUT2D eigenvalue weighted by atomic mass is 79.9. The number of aliphatic carboxylic acids is 1. The first-order chi connectivity index (χ1) is 6.49. The van der Waals surface area contributed by atoms with Crippen molar-refractivity contribution in [1.82, 2.24) is 0 Å². The van der Waals surface area contributed by atoms with Crippen molar-refractivity contribution in [2.75, 3.05) is 0 Å². The summed E-state index contributed by atoms with van der Waals surface area (Å²) in [7, 11) is 0. The average molecular weight is 261 g/mol. The number of hydrogen-bond acceptors (Lipinski definition) is 2. The van der Waals surface area contributed by atoms with E-state index in [1.165, 1.54) is 0 Å². The summed E-state index contributed by atoms with van der Waals surface area (Å²) in [5.74, 6) is 0.953. The number of hydrogen-bond donors (Lipinski definition) is 1. The van der Waals surface area contributed by atoms with Crippen LogP contribution in [0.3, 0.4) is 0 Å². The van der Waals surface area contributed by atoms with Gasteiger partial charge in [0.1, 0.15) is 17.9 Å². The molecule has 1 aromatic heterocycles. The van der Waals surface area contributed by atoms with Crippen LogP contribution in [0.5, 0.6) is 0 Å². The van der Waals surface area contributed by atoms with Crippen molar-refractivity contribution in [3.8, 4) is 0 Å². The largest absolute Gasteiger partial charge is 0.481 e. The van der Waals surface area contributed by atoms with Crippen LogP contribution in [0.25, 0.3) is 0 Å². The van der Waals surface area contributed by atoms with E-state index in [-0.39, 0.29) is 6.42 Å². The summed E-state index contributed by atoms with van der Waals surface area (Å²) < 4.78 is 6.27. The Kier molecular flexibility index (Phi) is 3.75. The summed E-state index contributed by atoms with van der Waals surface area (Å²) in [4.78, 5) is 10.4. The van der Waals surface area contributed by atoms with Crippen LogP contribution in [0, 0.1) is 5.92 Å². The van der Waals surface area contributed by atoms with Gasteiger partial charge in [-0.2, -0.15) is 0 Å². The molecule has 1 aromatic rings. The molecular formula is C10H13BrO3. The molecule has 0 bridgehead atoms. The lowest BCUT2D eigenvalue weighted by atomic mass is 10.1. The topological polar surface area (TPSA) is 50.4 Å². The monoisotopic (exact) mass is 260 g/mol. The fourth-order valence-corrected chi connectivity index (χ4v) is 1.70. The van der Waals surface area contributed by atoms with E-state index in [4.69, 9.17) is 9.52 Å². The Morgan fingerprint density at radius 2 is 2.29 bits per heavy atom. The van der Waals surface area contributed by atoms with Gasteiger partial charge in [-0.1, -0.05) is 13.8 Å². The molecule has 0 aliphatic rings. The van der Waals surface area contributed by atoms with E-state index in [1.54, 1.807) is 6.07 Å². The third kappa shape index (κ3) is 3.18. The van der Waals surface area contributed by atoms with Gasteiger partial charge in [0.15, 0.2) is 0 Å². The number of carboxylic acid groups (broad SMARTS) is 1. The molecule has 14 heavy (non-hydrogen) atoms. The third-order valence-corrected chi connectivity index (χ3v) is 2.40. The maximum absolute atomic E-state index is 10.4. The second-order valence-corrected chi connectivity index (χ2v) is 4.51. The Hall–Kier alpha value is -0.770. The summed E-state index contributed by atoms with van der Waals surface area (Å²) in [6.45, 7) is 4.18. The fourth-order valence-electron chi connectivity index (χ4n) is 1.20. The predicted molar refractivity (Wildman–Crippen MR) is 56.3 cm³/mol. The summed E-state index contributed by atoms with van der Waals surface area (Å²) in [5, 5.41) is 8.57. The average Bonchev–Trinajstić information content (AvgIpc) is 2.28. The zero-order valence-corrected chi connectivity index (χ0v) is 9.80. The van der Waals surface area contributed by atoms with Crippen molar-refractivity contribution < 1.29 is 14.3 Å². The molecule has 3 nitrogen and oxygen atoms in total. The van der Waals surface area contributed by atoms with Crippen LogP contribution in [0.1, 0.15) is 25.4 Å². The Labute approximate surface area is 91.2 Å². The van der Waals surface area contributed by atoms with Crippen LogP contribution in [-0.4, -0.2) is 11.1 Å². The van der Waals surface area contributed by atoms with Gasteiger partial charge in [-0.3, -0.25) is 4.79 Å². The molecule has 4 heteroatoms. The number of halogens is 1. The van der Waals surface area contributed by atoms with Crippen LogP contribution >= 0.6 is 15.9 Å². The predicted octanol–water partition coefficient (Wildman–Crippen LogP) is 2.87. The van der Waals surface area contributed by atoms with E-state index in [1.807, 2.05) is 0 Å². The van der Waals surface area contributed by atoms with Gasteiger partial charge >= 0.3 is 5.97 Å². The first-order valence-electron chi connectivity index (χ1n) is 4.48. The van der Waals surface area contributed by atoms with Crippen molar-refractivity contribution in [2.45, 2.75) is 26.7 Å². The lowest BCUT2D eigenvalue weighted by Crippen LogP contribution is -1.98. The van der Waals surface area contributed by atoms with Gasteiger partial charge in [0.25, 0.3) is 0 Å². The molecule has 0 saturated carbocycles. The Balaban J connectivity index is 2.76. The minimum absolute atomic E-state index is 0.0588. The van der Waals surface area contributed by atoms with Gasteiger partial charge in [-0.05, 0) is 27.9 Å². The molecule has 0 aliphatic carbocycles. The Bertz CT molecular complexity index is 328. The van der Waals surface area contributed by atoms with Crippen molar-refractivity contribution >= 4 is 21.9 Å². The van der Waals surface area contributed by atoms with Crippen LogP contribution in [-0.2, 0) is 17.6 Å². The van der Waals surface area contributed by atoms with Crippen molar-refractivity contribution in [2.24, 2.45) is 5.92 Å². The Morgan fingerprint density at radius 1 is 1.64 bits per heavy atom. The highest BCUT2D eigenvalue weighted by Gasteiger charge is 2.12. The second kappa shape index (κ2) is 4.64. The van der Waals surface area contributed by atoms with E-state index in [0.717, 1.165) is 16.7 Å². The third-order valence-electron chi connectivity index (χ3n) is 1.73. The molecule has 0 spiro atoms. The van der Waals surface area contributed by atoms with Gasteiger partial charge in [-0.15, -0.1) is 0 Å². The first-order valence-corrected chi connectivity index (χ1v) is 5.27. The summed E-state index contributed by atoms with van der Waals surface area (Å²) in [6, 6.07) is 1.73. The van der Waals surface area contributed by atoms with Gasteiger partial charge < -0.3 is 9.52 Å².